The Kier molecular flexibility index (Phi) is 7.78. The van der Waals surface area contributed by atoms with Crippen molar-refractivity contribution in [2.24, 2.45) is 5.92 Å². The van der Waals surface area contributed by atoms with E-state index in [4.69, 9.17) is 4.42 Å². The molecular weight excluding hydrogens is 493 g/mol. The van der Waals surface area contributed by atoms with Crippen molar-refractivity contribution in [3.8, 4) is 11.5 Å². The van der Waals surface area contributed by atoms with Crippen LogP contribution < -0.4 is 5.32 Å². The number of halogens is 1. The van der Waals surface area contributed by atoms with Gasteiger partial charge in [0.25, 0.3) is 5.89 Å². The van der Waals surface area contributed by atoms with Gasteiger partial charge in [-0.25, -0.2) is 4.39 Å². The molecule has 0 spiro atoms. The smallest absolute Gasteiger partial charge is 0.250 e. The van der Waals surface area contributed by atoms with Crippen LogP contribution in [0.5, 0.6) is 0 Å². The lowest BCUT2D eigenvalue weighted by Crippen LogP contribution is -2.49. The van der Waals surface area contributed by atoms with Crippen LogP contribution in [-0.4, -0.2) is 27.9 Å². The summed E-state index contributed by atoms with van der Waals surface area (Å²) < 4.78 is 19.0. The second-order valence-corrected chi connectivity index (χ2v) is 11.4. The lowest BCUT2D eigenvalue weighted by molar-refractivity contribution is -0.127. The third-order valence-corrected chi connectivity index (χ3v) is 8.32. The van der Waals surface area contributed by atoms with Crippen LogP contribution in [0.2, 0.25) is 0 Å². The van der Waals surface area contributed by atoms with Crippen molar-refractivity contribution >= 4 is 11.7 Å². The molecule has 39 heavy (non-hydrogen) atoms. The number of nitrogens with one attached hydrogen (secondary N) is 1. The number of alkyl halides is 1. The number of carbonyl (C=O) groups excluding carboxylic acids is 2. The van der Waals surface area contributed by atoms with Gasteiger partial charge >= 0.3 is 0 Å². The molecule has 3 atom stereocenters. The highest BCUT2D eigenvalue weighted by atomic mass is 19.1. The number of Topliss-reactive ketones (excluding diaryl/α,β-unsaturated/α-hetero) is 1. The summed E-state index contributed by atoms with van der Waals surface area (Å²) >= 11 is 0. The van der Waals surface area contributed by atoms with Crippen molar-refractivity contribution in [3.05, 3.63) is 82.8 Å². The van der Waals surface area contributed by atoms with E-state index in [1.165, 1.54) is 6.92 Å². The molecule has 1 heterocycles. The molecule has 0 saturated heterocycles. The van der Waals surface area contributed by atoms with E-state index >= 15 is 0 Å². The van der Waals surface area contributed by atoms with Gasteiger partial charge in [0.05, 0.1) is 5.41 Å². The van der Waals surface area contributed by atoms with Gasteiger partial charge in [-0.3, -0.25) is 9.59 Å². The highest BCUT2D eigenvalue weighted by Gasteiger charge is 2.34. The molecule has 1 amide bonds. The fourth-order valence-electron chi connectivity index (χ4n) is 5.74. The quantitative estimate of drug-likeness (QED) is 0.344. The van der Waals surface area contributed by atoms with Gasteiger partial charge in [0.2, 0.25) is 11.8 Å². The molecule has 2 unspecified atom stereocenters. The van der Waals surface area contributed by atoms with Crippen LogP contribution >= 0.6 is 0 Å². The molecule has 1 aromatic heterocycles. The number of nitrogens with zero attached hydrogens (tertiary/aromatic N) is 2. The molecule has 1 fully saturated rings. The third-order valence-electron chi connectivity index (χ3n) is 8.32. The lowest BCUT2D eigenvalue weighted by Gasteiger charge is -2.35. The van der Waals surface area contributed by atoms with Gasteiger partial charge in [0.15, 0.2) is 12.0 Å². The molecule has 2 aromatic carbocycles. The minimum atomic E-state index is -1.35. The molecule has 6 nitrogen and oxygen atoms in total. The molecule has 0 bridgehead atoms. The van der Waals surface area contributed by atoms with Crippen LogP contribution in [-0.2, 0) is 16.6 Å². The van der Waals surface area contributed by atoms with Gasteiger partial charge in [-0.15, -0.1) is 10.2 Å². The number of amides is 1. The zero-order valence-corrected chi connectivity index (χ0v) is 22.9. The molecule has 2 aliphatic carbocycles. The van der Waals surface area contributed by atoms with Crippen LogP contribution in [0, 0.1) is 5.92 Å². The van der Waals surface area contributed by atoms with Gasteiger partial charge in [0.1, 0.15) is 0 Å². The molecule has 3 aromatic rings. The topological polar surface area (TPSA) is 85.1 Å². The number of fused-ring (bicyclic) bond motifs is 1. The van der Waals surface area contributed by atoms with Gasteiger partial charge in [-0.2, -0.15) is 0 Å². The van der Waals surface area contributed by atoms with Crippen LogP contribution in [0.3, 0.4) is 0 Å². The predicted octanol–water partition coefficient (Wildman–Crippen LogP) is 6.87. The van der Waals surface area contributed by atoms with Crippen molar-refractivity contribution in [2.75, 3.05) is 0 Å². The van der Waals surface area contributed by atoms with Gasteiger partial charge < -0.3 is 9.73 Å². The first-order valence-corrected chi connectivity index (χ1v) is 13.9. The monoisotopic (exact) mass is 529 g/mol. The molecule has 0 aliphatic heterocycles. The predicted molar refractivity (Wildman–Crippen MR) is 148 cm³/mol. The normalized spacial score (nSPS) is 20.2. The maximum Gasteiger partial charge on any atom is 0.250 e. The maximum absolute atomic E-state index is 13.5. The van der Waals surface area contributed by atoms with Crippen LogP contribution in [0.1, 0.15) is 92.8 Å². The van der Waals surface area contributed by atoms with Gasteiger partial charge in [0, 0.05) is 17.2 Å². The molecule has 5 rings (SSSR count). The SMILES string of the molecule is CC(F)c1nnc(-c2ccc3c(c2)C(=O)C(CCC2CCCC[C@H]2NC(=O)C(C)(C)c2ccccc2)=CC3)o1. The van der Waals surface area contributed by atoms with E-state index in [0.29, 0.717) is 29.9 Å². The fraction of sp³-hybridized carbons (Fsp3) is 0.438. The van der Waals surface area contributed by atoms with Crippen LogP contribution in [0.15, 0.2) is 64.6 Å². The Hall–Kier alpha value is -3.61. The number of hydrogen-bond acceptors (Lipinski definition) is 5. The van der Waals surface area contributed by atoms with E-state index in [9.17, 15) is 14.0 Å². The molecule has 7 heteroatoms. The minimum absolute atomic E-state index is 0.0123. The summed E-state index contributed by atoms with van der Waals surface area (Å²) in [6.07, 6.45) is 7.15. The highest BCUT2D eigenvalue weighted by Crippen LogP contribution is 2.34. The number of carbonyl (C=O) groups is 2. The van der Waals surface area contributed by atoms with E-state index in [-0.39, 0.29) is 29.5 Å². The summed E-state index contributed by atoms with van der Waals surface area (Å²) in [5.74, 6) is 0.524. The van der Waals surface area contributed by atoms with E-state index in [1.54, 1.807) is 6.07 Å². The Morgan fingerprint density at radius 2 is 1.90 bits per heavy atom. The molecule has 1 saturated carbocycles. The first-order valence-electron chi connectivity index (χ1n) is 13.9. The van der Waals surface area contributed by atoms with Crippen molar-refractivity contribution in [3.63, 3.8) is 0 Å². The Balaban J connectivity index is 1.25. The number of allylic oxidation sites excluding steroid dienone is 2. The van der Waals surface area contributed by atoms with E-state index in [0.717, 1.165) is 48.8 Å². The number of aromatic nitrogens is 2. The van der Waals surface area contributed by atoms with E-state index in [2.05, 4.69) is 15.5 Å². The molecule has 0 radical (unpaired) electrons. The minimum Gasteiger partial charge on any atom is -0.418 e. The first-order chi connectivity index (χ1) is 18.7. The average Bonchev–Trinajstić information content (AvgIpc) is 3.45. The number of ketones is 1. The summed E-state index contributed by atoms with van der Waals surface area (Å²) in [6.45, 7) is 5.29. The molecule has 204 valence electrons. The summed E-state index contributed by atoms with van der Waals surface area (Å²) in [6, 6.07) is 15.5. The lowest BCUT2D eigenvalue weighted by atomic mass is 9.78. The molecular formula is C32H36FN3O3. The average molecular weight is 530 g/mol. The summed E-state index contributed by atoms with van der Waals surface area (Å²) in [7, 11) is 0. The number of rotatable bonds is 8. The van der Waals surface area contributed by atoms with Crippen molar-refractivity contribution in [1.29, 1.82) is 0 Å². The van der Waals surface area contributed by atoms with Gasteiger partial charge in [-0.05, 0) is 87.6 Å². The first kappa shape index (κ1) is 27.0. The fourth-order valence-corrected chi connectivity index (χ4v) is 5.74. The Bertz CT molecular complexity index is 1380. The Labute approximate surface area is 229 Å². The van der Waals surface area contributed by atoms with E-state index < -0.39 is 11.6 Å². The third kappa shape index (κ3) is 5.72. The second-order valence-electron chi connectivity index (χ2n) is 11.4. The van der Waals surface area contributed by atoms with Crippen LogP contribution in [0.25, 0.3) is 11.5 Å². The van der Waals surface area contributed by atoms with Crippen molar-refractivity contribution < 1.29 is 18.4 Å². The zero-order chi connectivity index (χ0) is 27.6. The largest absolute Gasteiger partial charge is 0.418 e. The van der Waals surface area contributed by atoms with Crippen LogP contribution in [0.4, 0.5) is 4.39 Å². The standard InChI is InChI=1S/C32H36FN3O3/c1-20(33)29-35-36-30(39-29)24-18-14-21-13-16-23(28(37)26(21)19-24)17-15-22-9-7-8-12-27(22)34-31(38)32(2,3)25-10-5-4-6-11-25/h4-6,10-11,14,16,18-20,22,27H,7-9,12-13,15,17H2,1-3H3,(H,34,38)/t20?,22?,27-/m1/s1. The van der Waals surface area contributed by atoms with E-state index in [1.807, 2.05) is 62.4 Å². The second kappa shape index (κ2) is 11.2. The Morgan fingerprint density at radius 1 is 1.13 bits per heavy atom. The summed E-state index contributed by atoms with van der Waals surface area (Å²) in [5, 5.41) is 11.1. The van der Waals surface area contributed by atoms with Crippen molar-refractivity contribution in [2.45, 2.75) is 83.3 Å². The van der Waals surface area contributed by atoms with Gasteiger partial charge in [-0.1, -0.05) is 55.3 Å². The van der Waals surface area contributed by atoms with Crippen molar-refractivity contribution in [1.82, 2.24) is 15.5 Å². The zero-order valence-electron chi connectivity index (χ0n) is 22.9. The summed E-state index contributed by atoms with van der Waals surface area (Å²) in [5.41, 5.74) is 3.39. The number of benzene rings is 2. The Morgan fingerprint density at radius 3 is 2.64 bits per heavy atom. The maximum atomic E-state index is 13.5. The molecule has 1 N–H and O–H groups in total. The summed E-state index contributed by atoms with van der Waals surface area (Å²) in [4.78, 5) is 26.8. The highest BCUT2D eigenvalue weighted by molar-refractivity contribution is 6.11. The number of hydrogen-bond donors (Lipinski definition) is 1. The molecule has 2 aliphatic rings.